The summed E-state index contributed by atoms with van der Waals surface area (Å²) in [6.45, 7) is 22.9. The Morgan fingerprint density at radius 3 is 1.70 bits per heavy atom. The molecule has 0 aromatic heterocycles. The summed E-state index contributed by atoms with van der Waals surface area (Å²) in [6, 6.07) is 27.6. The predicted octanol–water partition coefficient (Wildman–Crippen LogP) is 8.29. The molecule has 0 saturated heterocycles. The number of benzene rings is 4. The molecule has 40 heavy (non-hydrogen) atoms. The van der Waals surface area contributed by atoms with Crippen molar-refractivity contribution < 1.29 is 4.74 Å². The molecule has 204 valence electrons. The highest BCUT2D eigenvalue weighted by Crippen LogP contribution is 2.42. The summed E-state index contributed by atoms with van der Waals surface area (Å²) in [5.74, 6) is 1.94. The lowest BCUT2D eigenvalue weighted by Crippen LogP contribution is -2.60. The first-order valence-electron chi connectivity index (χ1n) is 14.6. The standard InChI is InChI=1S/C37H42BNO/c1-23-19-31-34-33(20-23)40-32-18-14-26(37(8,9)10)22-29(32)38(34)28-21-25(36(5,6)7)13-17-30(28)39(31)27-15-11-24(12-16-27)35(2,3)4/h11-22H,1-10H3. The minimum Gasteiger partial charge on any atom is -0.458 e. The molecule has 0 unspecified atom stereocenters. The van der Waals surface area contributed by atoms with Crippen LogP contribution in [0.5, 0.6) is 11.5 Å². The van der Waals surface area contributed by atoms with Gasteiger partial charge in [0.1, 0.15) is 11.5 Å². The summed E-state index contributed by atoms with van der Waals surface area (Å²) in [5.41, 5.74) is 13.0. The molecule has 0 atom stereocenters. The van der Waals surface area contributed by atoms with Gasteiger partial charge in [-0.25, -0.2) is 0 Å². The maximum Gasteiger partial charge on any atom is 0.256 e. The van der Waals surface area contributed by atoms with E-state index >= 15 is 0 Å². The Balaban J connectivity index is 1.65. The van der Waals surface area contributed by atoms with E-state index in [4.69, 9.17) is 4.74 Å². The lowest BCUT2D eigenvalue weighted by molar-refractivity contribution is 0.486. The highest BCUT2D eigenvalue weighted by Gasteiger charge is 2.42. The lowest BCUT2D eigenvalue weighted by Gasteiger charge is -2.41. The maximum atomic E-state index is 6.71. The third-order valence-corrected chi connectivity index (χ3v) is 8.64. The Morgan fingerprint density at radius 2 is 1.10 bits per heavy atom. The fourth-order valence-corrected chi connectivity index (χ4v) is 6.21. The van der Waals surface area contributed by atoms with Crippen LogP contribution in [-0.2, 0) is 16.2 Å². The van der Waals surface area contributed by atoms with Crippen molar-refractivity contribution in [2.24, 2.45) is 0 Å². The quantitative estimate of drug-likeness (QED) is 0.200. The minimum absolute atomic E-state index is 0.0475. The summed E-state index contributed by atoms with van der Waals surface area (Å²) >= 11 is 0. The normalized spacial score (nSPS) is 14.3. The first-order valence-corrected chi connectivity index (χ1v) is 14.6. The average molecular weight is 528 g/mol. The van der Waals surface area contributed by atoms with Gasteiger partial charge in [-0.05, 0) is 98.2 Å². The smallest absolute Gasteiger partial charge is 0.256 e. The van der Waals surface area contributed by atoms with Gasteiger partial charge in [0.25, 0.3) is 6.71 Å². The number of anilines is 3. The fraction of sp³-hybridized carbons (Fsp3) is 0.351. The van der Waals surface area contributed by atoms with Gasteiger partial charge in [0.05, 0.1) is 0 Å². The number of rotatable bonds is 1. The largest absolute Gasteiger partial charge is 0.458 e. The van der Waals surface area contributed by atoms with Crippen molar-refractivity contribution in [3.8, 4) is 11.5 Å². The second-order valence-corrected chi connectivity index (χ2v) is 14.9. The van der Waals surface area contributed by atoms with Crippen LogP contribution in [0.2, 0.25) is 0 Å². The molecule has 2 heterocycles. The van der Waals surface area contributed by atoms with E-state index in [2.05, 4.69) is 147 Å². The summed E-state index contributed by atoms with van der Waals surface area (Å²) in [5, 5.41) is 0. The Hall–Kier alpha value is -3.46. The van der Waals surface area contributed by atoms with Gasteiger partial charge in [0.2, 0.25) is 0 Å². The Bertz CT molecular complexity index is 1630. The third-order valence-electron chi connectivity index (χ3n) is 8.64. The maximum absolute atomic E-state index is 6.71. The van der Waals surface area contributed by atoms with Gasteiger partial charge < -0.3 is 9.64 Å². The Kier molecular flexibility index (Phi) is 5.87. The molecule has 2 aliphatic heterocycles. The van der Waals surface area contributed by atoms with E-state index < -0.39 is 0 Å². The molecular formula is C37H42BNO. The topological polar surface area (TPSA) is 12.5 Å². The van der Waals surface area contributed by atoms with E-state index in [-0.39, 0.29) is 23.0 Å². The van der Waals surface area contributed by atoms with E-state index in [1.165, 1.54) is 55.7 Å². The molecule has 0 bridgehead atoms. The van der Waals surface area contributed by atoms with Crippen LogP contribution in [0.15, 0.2) is 72.8 Å². The van der Waals surface area contributed by atoms with Crippen molar-refractivity contribution >= 4 is 40.2 Å². The van der Waals surface area contributed by atoms with Crippen LogP contribution < -0.4 is 26.0 Å². The second-order valence-electron chi connectivity index (χ2n) is 14.9. The van der Waals surface area contributed by atoms with Gasteiger partial charge in [-0.3, -0.25) is 0 Å². The number of fused-ring (bicyclic) bond motifs is 4. The molecule has 6 rings (SSSR count). The molecule has 3 heteroatoms. The first kappa shape index (κ1) is 26.8. The van der Waals surface area contributed by atoms with E-state index in [0.717, 1.165) is 11.5 Å². The average Bonchev–Trinajstić information content (AvgIpc) is 2.86. The molecule has 0 radical (unpaired) electrons. The zero-order chi connectivity index (χ0) is 28.8. The molecule has 0 amide bonds. The van der Waals surface area contributed by atoms with E-state index in [9.17, 15) is 0 Å². The van der Waals surface area contributed by atoms with Crippen LogP contribution >= 0.6 is 0 Å². The van der Waals surface area contributed by atoms with Gasteiger partial charge in [0.15, 0.2) is 0 Å². The number of hydrogen-bond donors (Lipinski definition) is 0. The number of hydrogen-bond acceptors (Lipinski definition) is 2. The first-order chi connectivity index (χ1) is 18.6. The zero-order valence-corrected chi connectivity index (χ0v) is 25.9. The molecule has 0 saturated carbocycles. The fourth-order valence-electron chi connectivity index (χ4n) is 6.21. The van der Waals surface area contributed by atoms with Gasteiger partial charge in [-0.15, -0.1) is 0 Å². The van der Waals surface area contributed by atoms with Crippen LogP contribution in [-0.4, -0.2) is 6.71 Å². The highest BCUT2D eigenvalue weighted by molar-refractivity contribution is 6.99. The molecule has 2 nitrogen and oxygen atoms in total. The van der Waals surface area contributed by atoms with Crippen LogP contribution in [0.3, 0.4) is 0 Å². The Morgan fingerprint density at radius 1 is 0.550 bits per heavy atom. The molecule has 4 aromatic carbocycles. The number of aryl methyl sites for hydroxylation is 1. The SMILES string of the molecule is Cc1cc2c3c(c1)N(c1ccc(C(C)(C)C)cc1)c1ccc(C(C)(C)C)cc1B3c1cc(C(C)(C)C)ccc1O2. The summed E-state index contributed by atoms with van der Waals surface area (Å²) in [7, 11) is 0. The van der Waals surface area contributed by atoms with Crippen LogP contribution in [0.1, 0.15) is 84.6 Å². The molecule has 0 aliphatic carbocycles. The second kappa shape index (κ2) is 8.77. The van der Waals surface area contributed by atoms with Crippen LogP contribution in [0, 0.1) is 6.92 Å². The van der Waals surface area contributed by atoms with Gasteiger partial charge in [-0.1, -0.05) is 98.7 Å². The van der Waals surface area contributed by atoms with Crippen molar-refractivity contribution in [3.63, 3.8) is 0 Å². The molecule has 4 aromatic rings. The van der Waals surface area contributed by atoms with Crippen LogP contribution in [0.25, 0.3) is 0 Å². The Labute approximate surface area is 241 Å². The number of ether oxygens (including phenoxy) is 1. The van der Waals surface area contributed by atoms with Crippen molar-refractivity contribution in [2.75, 3.05) is 4.90 Å². The van der Waals surface area contributed by atoms with E-state index in [1.807, 2.05) is 0 Å². The van der Waals surface area contributed by atoms with E-state index in [1.54, 1.807) is 0 Å². The van der Waals surface area contributed by atoms with Crippen molar-refractivity contribution in [1.82, 2.24) is 0 Å². The van der Waals surface area contributed by atoms with Gasteiger partial charge in [0, 0.05) is 17.1 Å². The van der Waals surface area contributed by atoms with E-state index in [0.29, 0.717) is 0 Å². The molecule has 0 fully saturated rings. The third kappa shape index (κ3) is 4.35. The summed E-state index contributed by atoms with van der Waals surface area (Å²) in [4.78, 5) is 2.46. The summed E-state index contributed by atoms with van der Waals surface area (Å²) in [6.07, 6.45) is 0. The summed E-state index contributed by atoms with van der Waals surface area (Å²) < 4.78 is 6.71. The van der Waals surface area contributed by atoms with Crippen molar-refractivity contribution in [2.45, 2.75) is 85.5 Å². The molecule has 0 N–H and O–H groups in total. The molecule has 2 aliphatic rings. The lowest BCUT2D eigenvalue weighted by atomic mass is 9.33. The van der Waals surface area contributed by atoms with Crippen LogP contribution in [0.4, 0.5) is 17.1 Å². The minimum atomic E-state index is 0.0475. The molecule has 0 spiro atoms. The predicted molar refractivity (Wildman–Crippen MR) is 173 cm³/mol. The molecular weight excluding hydrogens is 485 g/mol. The van der Waals surface area contributed by atoms with Gasteiger partial charge >= 0.3 is 0 Å². The van der Waals surface area contributed by atoms with Gasteiger partial charge in [-0.2, -0.15) is 0 Å². The zero-order valence-electron chi connectivity index (χ0n) is 25.9. The van der Waals surface area contributed by atoms with Crippen molar-refractivity contribution in [1.29, 1.82) is 0 Å². The monoisotopic (exact) mass is 527 g/mol. The number of nitrogens with zero attached hydrogens (tertiary/aromatic N) is 1. The van der Waals surface area contributed by atoms with Crippen molar-refractivity contribution in [3.05, 3.63) is 95.1 Å². The highest BCUT2D eigenvalue weighted by atomic mass is 16.5.